The molecule has 4 aromatic rings. The lowest BCUT2D eigenvalue weighted by Gasteiger charge is -2.09. The first-order valence-corrected chi connectivity index (χ1v) is 9.56. The summed E-state index contributed by atoms with van der Waals surface area (Å²) in [5.41, 5.74) is 3.44. The van der Waals surface area contributed by atoms with Gasteiger partial charge >= 0.3 is 0 Å². The Morgan fingerprint density at radius 2 is 1.86 bits per heavy atom. The molecule has 2 heterocycles. The summed E-state index contributed by atoms with van der Waals surface area (Å²) in [7, 11) is 0. The van der Waals surface area contributed by atoms with Gasteiger partial charge in [0.15, 0.2) is 0 Å². The fourth-order valence-electron chi connectivity index (χ4n) is 3.51. The lowest BCUT2D eigenvalue weighted by atomic mass is 10.2. The van der Waals surface area contributed by atoms with Crippen LogP contribution in [-0.2, 0) is 6.54 Å². The highest BCUT2D eigenvalue weighted by atomic mass is 19.1. The minimum absolute atomic E-state index is 0.211. The molecule has 4 rings (SSSR count). The van der Waals surface area contributed by atoms with Crippen molar-refractivity contribution in [2.24, 2.45) is 0 Å². The third-order valence-corrected chi connectivity index (χ3v) is 5.02. The Hall–Kier alpha value is -3.48. The van der Waals surface area contributed by atoms with Crippen molar-refractivity contribution in [1.29, 1.82) is 0 Å². The van der Waals surface area contributed by atoms with E-state index >= 15 is 0 Å². The highest BCUT2D eigenvalue weighted by Crippen LogP contribution is 2.17. The number of amides is 1. The molecule has 0 saturated carbocycles. The topological polar surface area (TPSA) is 64.7 Å². The molecule has 0 spiro atoms. The maximum atomic E-state index is 14.0. The Balaban J connectivity index is 1.39. The van der Waals surface area contributed by atoms with Crippen molar-refractivity contribution in [3.05, 3.63) is 77.6 Å². The molecular weight excluding hydrogens is 369 g/mol. The van der Waals surface area contributed by atoms with Crippen LogP contribution in [0.3, 0.4) is 0 Å². The van der Waals surface area contributed by atoms with E-state index in [0.717, 1.165) is 29.8 Å². The Kier molecular flexibility index (Phi) is 5.12. The van der Waals surface area contributed by atoms with Crippen molar-refractivity contribution in [3.63, 3.8) is 0 Å². The van der Waals surface area contributed by atoms with E-state index in [0.29, 0.717) is 23.5 Å². The van der Waals surface area contributed by atoms with E-state index in [1.54, 1.807) is 25.1 Å². The highest BCUT2D eigenvalue weighted by Gasteiger charge is 2.16. The zero-order chi connectivity index (χ0) is 20.4. The van der Waals surface area contributed by atoms with E-state index < -0.39 is 0 Å². The highest BCUT2D eigenvalue weighted by molar-refractivity contribution is 5.95. The predicted octanol–water partition coefficient (Wildman–Crippen LogP) is 3.80. The van der Waals surface area contributed by atoms with Gasteiger partial charge in [-0.1, -0.05) is 24.3 Å². The van der Waals surface area contributed by atoms with Gasteiger partial charge in [0, 0.05) is 13.1 Å². The molecule has 2 aromatic heterocycles. The van der Waals surface area contributed by atoms with Crippen molar-refractivity contribution < 1.29 is 9.18 Å². The minimum Gasteiger partial charge on any atom is -0.352 e. The van der Waals surface area contributed by atoms with Crippen LogP contribution in [0.4, 0.5) is 4.39 Å². The predicted molar refractivity (Wildman–Crippen MR) is 110 cm³/mol. The fraction of sp³-hybridized carbons (Fsp3) is 0.227. The second kappa shape index (κ2) is 7.87. The van der Waals surface area contributed by atoms with E-state index in [1.807, 2.05) is 31.2 Å². The van der Waals surface area contributed by atoms with Gasteiger partial charge in [-0.3, -0.25) is 4.79 Å². The van der Waals surface area contributed by atoms with Gasteiger partial charge < -0.3 is 9.88 Å². The Morgan fingerprint density at radius 1 is 1.10 bits per heavy atom. The van der Waals surface area contributed by atoms with Crippen LogP contribution in [0, 0.1) is 19.7 Å². The van der Waals surface area contributed by atoms with Crippen LogP contribution in [0.1, 0.15) is 28.3 Å². The van der Waals surface area contributed by atoms with Gasteiger partial charge in [0.1, 0.15) is 17.3 Å². The molecule has 2 aromatic carbocycles. The molecule has 0 fully saturated rings. The van der Waals surface area contributed by atoms with Crippen molar-refractivity contribution in [2.45, 2.75) is 26.8 Å². The zero-order valence-corrected chi connectivity index (χ0v) is 16.4. The van der Waals surface area contributed by atoms with Crippen molar-refractivity contribution in [2.75, 3.05) is 6.54 Å². The molecule has 29 heavy (non-hydrogen) atoms. The molecule has 0 saturated heterocycles. The Bertz CT molecular complexity index is 1180. The number of aryl methyl sites for hydroxylation is 2. The molecular formula is C22H22FN5O. The molecule has 0 aliphatic rings. The SMILES string of the molecule is Cc1c(C(=O)NCCCn2c(C)nc3ccccc32)cnn1-c1ccccc1F. The van der Waals surface area contributed by atoms with Gasteiger partial charge in [0.05, 0.1) is 28.5 Å². The lowest BCUT2D eigenvalue weighted by Crippen LogP contribution is -2.25. The van der Waals surface area contributed by atoms with Crippen LogP contribution in [-0.4, -0.2) is 31.8 Å². The van der Waals surface area contributed by atoms with Crippen molar-refractivity contribution in [1.82, 2.24) is 24.6 Å². The molecule has 7 heteroatoms. The van der Waals surface area contributed by atoms with Crippen LogP contribution in [0.15, 0.2) is 54.7 Å². The first-order chi connectivity index (χ1) is 14.1. The Labute approximate surface area is 168 Å². The summed E-state index contributed by atoms with van der Waals surface area (Å²) in [6.07, 6.45) is 2.25. The van der Waals surface area contributed by atoms with Crippen molar-refractivity contribution >= 4 is 16.9 Å². The summed E-state index contributed by atoms with van der Waals surface area (Å²) in [5, 5.41) is 7.12. The number of hydrogen-bond donors (Lipinski definition) is 1. The number of para-hydroxylation sites is 3. The second-order valence-electron chi connectivity index (χ2n) is 6.92. The fourth-order valence-corrected chi connectivity index (χ4v) is 3.51. The minimum atomic E-state index is -0.381. The monoisotopic (exact) mass is 391 g/mol. The third-order valence-electron chi connectivity index (χ3n) is 5.02. The van der Waals surface area contributed by atoms with E-state index in [1.165, 1.54) is 16.9 Å². The van der Waals surface area contributed by atoms with Gasteiger partial charge in [-0.05, 0) is 44.5 Å². The van der Waals surface area contributed by atoms with Crippen LogP contribution in [0.2, 0.25) is 0 Å². The molecule has 0 bridgehead atoms. The summed E-state index contributed by atoms with van der Waals surface area (Å²) in [4.78, 5) is 17.1. The number of nitrogens with one attached hydrogen (secondary N) is 1. The molecule has 1 amide bonds. The van der Waals surface area contributed by atoms with Crippen LogP contribution >= 0.6 is 0 Å². The maximum absolute atomic E-state index is 14.0. The number of nitrogens with zero attached hydrogens (tertiary/aromatic N) is 4. The summed E-state index contributed by atoms with van der Waals surface area (Å²) in [6, 6.07) is 14.4. The standard InChI is InChI=1S/C22H22FN5O/c1-15-17(14-25-28(15)20-10-5-3-8-18(20)23)22(29)24-12-7-13-27-16(2)26-19-9-4-6-11-21(19)27/h3-6,8-11,14H,7,12-13H2,1-2H3,(H,24,29). The number of carbonyl (C=O) groups excluding carboxylic acids is 1. The van der Waals surface area contributed by atoms with Gasteiger partial charge in [0.2, 0.25) is 0 Å². The van der Waals surface area contributed by atoms with E-state index in [-0.39, 0.29) is 11.7 Å². The molecule has 0 aliphatic carbocycles. The number of aromatic nitrogens is 4. The van der Waals surface area contributed by atoms with Crippen molar-refractivity contribution in [3.8, 4) is 5.69 Å². The number of halogens is 1. The number of hydrogen-bond acceptors (Lipinski definition) is 3. The average Bonchev–Trinajstić information content (AvgIpc) is 3.25. The number of carbonyl (C=O) groups is 1. The van der Waals surface area contributed by atoms with Gasteiger partial charge in [-0.2, -0.15) is 5.10 Å². The van der Waals surface area contributed by atoms with Gasteiger partial charge in [-0.25, -0.2) is 14.1 Å². The molecule has 0 aliphatic heterocycles. The lowest BCUT2D eigenvalue weighted by molar-refractivity contribution is 0.0952. The summed E-state index contributed by atoms with van der Waals surface area (Å²) in [5.74, 6) is 0.366. The quantitative estimate of drug-likeness (QED) is 0.509. The number of fused-ring (bicyclic) bond motifs is 1. The smallest absolute Gasteiger partial charge is 0.254 e. The second-order valence-corrected chi connectivity index (χ2v) is 6.92. The van der Waals surface area contributed by atoms with E-state index in [2.05, 4.69) is 20.0 Å². The first-order valence-electron chi connectivity index (χ1n) is 9.56. The average molecular weight is 391 g/mol. The molecule has 0 unspecified atom stereocenters. The molecule has 148 valence electrons. The molecule has 0 radical (unpaired) electrons. The molecule has 6 nitrogen and oxygen atoms in total. The summed E-state index contributed by atoms with van der Waals surface area (Å²) >= 11 is 0. The molecule has 0 atom stereocenters. The molecule has 1 N–H and O–H groups in total. The third kappa shape index (κ3) is 3.63. The van der Waals surface area contributed by atoms with E-state index in [9.17, 15) is 9.18 Å². The number of benzene rings is 2. The summed E-state index contributed by atoms with van der Waals surface area (Å²) < 4.78 is 17.6. The van der Waals surface area contributed by atoms with E-state index in [4.69, 9.17) is 0 Å². The normalized spacial score (nSPS) is 11.1. The number of rotatable bonds is 6. The largest absolute Gasteiger partial charge is 0.352 e. The first kappa shape index (κ1) is 18.9. The summed E-state index contributed by atoms with van der Waals surface area (Å²) in [6.45, 7) is 5.03. The van der Waals surface area contributed by atoms with Crippen LogP contribution < -0.4 is 5.32 Å². The van der Waals surface area contributed by atoms with Crippen LogP contribution in [0.25, 0.3) is 16.7 Å². The zero-order valence-electron chi connectivity index (χ0n) is 16.4. The van der Waals surface area contributed by atoms with Gasteiger partial charge in [0.25, 0.3) is 5.91 Å². The number of imidazole rings is 1. The maximum Gasteiger partial charge on any atom is 0.254 e. The van der Waals surface area contributed by atoms with Gasteiger partial charge in [-0.15, -0.1) is 0 Å². The Morgan fingerprint density at radius 3 is 2.69 bits per heavy atom. The van der Waals surface area contributed by atoms with Crippen LogP contribution in [0.5, 0.6) is 0 Å².